The van der Waals surface area contributed by atoms with E-state index in [0.29, 0.717) is 24.2 Å². The SMILES string of the molecule is O=C(CC1CCOCC1)N[C@@H]1c2ccccc2[C@@H]2CN(Cc3nccs3)C[C@H]12. The highest BCUT2D eigenvalue weighted by Crippen LogP contribution is 2.49. The number of likely N-dealkylation sites (tertiary alicyclic amines) is 1. The first kappa shape index (κ1) is 18.3. The van der Waals surface area contributed by atoms with Gasteiger partial charge < -0.3 is 10.1 Å². The van der Waals surface area contributed by atoms with Crippen LogP contribution in [0.2, 0.25) is 0 Å². The van der Waals surface area contributed by atoms with E-state index in [2.05, 4.69) is 39.5 Å². The van der Waals surface area contributed by atoms with Gasteiger partial charge in [-0.3, -0.25) is 9.69 Å². The Morgan fingerprint density at radius 3 is 2.82 bits per heavy atom. The van der Waals surface area contributed by atoms with Crippen LogP contribution >= 0.6 is 11.3 Å². The summed E-state index contributed by atoms with van der Waals surface area (Å²) in [7, 11) is 0. The van der Waals surface area contributed by atoms with Crippen molar-refractivity contribution < 1.29 is 9.53 Å². The molecule has 5 nitrogen and oxygen atoms in total. The Bertz CT molecular complexity index is 819. The van der Waals surface area contributed by atoms with Crippen molar-refractivity contribution in [3.63, 3.8) is 0 Å². The molecule has 2 saturated heterocycles. The van der Waals surface area contributed by atoms with Gasteiger partial charge in [0.15, 0.2) is 0 Å². The molecule has 2 aliphatic heterocycles. The number of hydrogen-bond donors (Lipinski definition) is 1. The number of rotatable bonds is 5. The predicted molar refractivity (Wildman–Crippen MR) is 109 cm³/mol. The number of amides is 1. The van der Waals surface area contributed by atoms with E-state index in [1.165, 1.54) is 16.1 Å². The Hall–Kier alpha value is -1.76. The Labute approximate surface area is 170 Å². The minimum Gasteiger partial charge on any atom is -0.381 e. The highest BCUT2D eigenvalue weighted by molar-refractivity contribution is 7.09. The van der Waals surface area contributed by atoms with E-state index < -0.39 is 0 Å². The molecule has 28 heavy (non-hydrogen) atoms. The maximum Gasteiger partial charge on any atom is 0.220 e. The number of carbonyl (C=O) groups excluding carboxylic acids is 1. The van der Waals surface area contributed by atoms with E-state index in [1.807, 2.05) is 11.6 Å². The maximum absolute atomic E-state index is 12.8. The summed E-state index contributed by atoms with van der Waals surface area (Å²) in [6.45, 7) is 4.56. The zero-order valence-electron chi connectivity index (χ0n) is 16.0. The van der Waals surface area contributed by atoms with Crippen molar-refractivity contribution in [3.05, 3.63) is 52.0 Å². The Balaban J connectivity index is 1.30. The molecule has 1 N–H and O–H groups in total. The van der Waals surface area contributed by atoms with Gasteiger partial charge in [0.1, 0.15) is 5.01 Å². The molecule has 1 aromatic carbocycles. The van der Waals surface area contributed by atoms with E-state index in [9.17, 15) is 4.79 Å². The highest BCUT2D eigenvalue weighted by atomic mass is 32.1. The third-order valence-electron chi connectivity index (χ3n) is 6.57. The minimum absolute atomic E-state index is 0.134. The van der Waals surface area contributed by atoms with Crippen molar-refractivity contribution in [1.29, 1.82) is 0 Å². The maximum atomic E-state index is 12.8. The molecule has 5 rings (SSSR count). The van der Waals surface area contributed by atoms with Gasteiger partial charge in [0, 0.05) is 56.1 Å². The molecule has 3 atom stereocenters. The number of carbonyl (C=O) groups is 1. The van der Waals surface area contributed by atoms with E-state index in [4.69, 9.17) is 4.74 Å². The molecule has 0 bridgehead atoms. The topological polar surface area (TPSA) is 54.5 Å². The molecular formula is C22H27N3O2S. The second-order valence-electron chi connectivity index (χ2n) is 8.32. The molecule has 148 valence electrons. The molecule has 3 heterocycles. The van der Waals surface area contributed by atoms with Crippen molar-refractivity contribution in [2.75, 3.05) is 26.3 Å². The third-order valence-corrected chi connectivity index (χ3v) is 7.34. The number of ether oxygens (including phenoxy) is 1. The Morgan fingerprint density at radius 2 is 2.04 bits per heavy atom. The van der Waals surface area contributed by atoms with Crippen LogP contribution in [0.5, 0.6) is 0 Å². The van der Waals surface area contributed by atoms with Crippen molar-refractivity contribution >= 4 is 17.2 Å². The van der Waals surface area contributed by atoms with Crippen LogP contribution in [0.4, 0.5) is 0 Å². The molecule has 0 saturated carbocycles. The fourth-order valence-electron chi connectivity index (χ4n) is 5.22. The number of aromatic nitrogens is 1. The first-order chi connectivity index (χ1) is 13.8. The standard InChI is InChI=1S/C22H27N3O2S/c26-20(11-15-5-8-27-9-6-15)24-22-17-4-2-1-3-16(17)18-12-25(13-19(18)22)14-21-23-7-10-28-21/h1-4,7,10,15,18-19,22H,5-6,8-9,11-14H2,(H,24,26)/t18-,19-,22+/m0/s1. The summed E-state index contributed by atoms with van der Waals surface area (Å²) in [6.07, 6.45) is 4.51. The van der Waals surface area contributed by atoms with Gasteiger partial charge in [0.2, 0.25) is 5.91 Å². The van der Waals surface area contributed by atoms with Crippen LogP contribution in [0, 0.1) is 11.8 Å². The number of hydrogen-bond acceptors (Lipinski definition) is 5. The average Bonchev–Trinajstić information content (AvgIpc) is 3.42. The minimum atomic E-state index is 0.134. The molecule has 1 aliphatic carbocycles. The monoisotopic (exact) mass is 397 g/mol. The normalized spacial score (nSPS) is 27.5. The quantitative estimate of drug-likeness (QED) is 0.841. The molecular weight excluding hydrogens is 370 g/mol. The summed E-state index contributed by atoms with van der Waals surface area (Å²) in [6, 6.07) is 8.83. The predicted octanol–water partition coefficient (Wildman–Crippen LogP) is 3.35. The summed E-state index contributed by atoms with van der Waals surface area (Å²) >= 11 is 1.72. The fraction of sp³-hybridized carbons (Fsp3) is 0.545. The van der Waals surface area contributed by atoms with Crippen molar-refractivity contribution in [3.8, 4) is 0 Å². The molecule has 2 fully saturated rings. The summed E-state index contributed by atoms with van der Waals surface area (Å²) in [4.78, 5) is 19.8. The number of nitrogens with one attached hydrogen (secondary N) is 1. The van der Waals surface area contributed by atoms with Crippen LogP contribution in [-0.2, 0) is 16.1 Å². The summed E-state index contributed by atoms with van der Waals surface area (Å²) in [5.41, 5.74) is 2.75. The van der Waals surface area contributed by atoms with Crippen LogP contribution in [-0.4, -0.2) is 42.1 Å². The van der Waals surface area contributed by atoms with Gasteiger partial charge in [-0.1, -0.05) is 24.3 Å². The second kappa shape index (κ2) is 7.93. The zero-order valence-corrected chi connectivity index (χ0v) is 16.9. The molecule has 1 aromatic heterocycles. The highest BCUT2D eigenvalue weighted by Gasteiger charge is 2.46. The van der Waals surface area contributed by atoms with E-state index in [0.717, 1.165) is 45.7 Å². The van der Waals surface area contributed by atoms with E-state index in [1.54, 1.807) is 11.3 Å². The van der Waals surface area contributed by atoms with Crippen molar-refractivity contribution in [2.24, 2.45) is 11.8 Å². The van der Waals surface area contributed by atoms with Crippen LogP contribution in [0.25, 0.3) is 0 Å². The number of thiazole rings is 1. The van der Waals surface area contributed by atoms with Crippen LogP contribution in [0.15, 0.2) is 35.8 Å². The second-order valence-corrected chi connectivity index (χ2v) is 9.30. The first-order valence-corrected chi connectivity index (χ1v) is 11.2. The fourth-order valence-corrected chi connectivity index (χ4v) is 5.88. The molecule has 2 aromatic rings. The molecule has 6 heteroatoms. The summed E-state index contributed by atoms with van der Waals surface area (Å²) < 4.78 is 5.43. The largest absolute Gasteiger partial charge is 0.381 e. The molecule has 0 radical (unpaired) electrons. The number of fused-ring (bicyclic) bond motifs is 3. The lowest BCUT2D eigenvalue weighted by Crippen LogP contribution is -2.35. The lowest BCUT2D eigenvalue weighted by molar-refractivity contribution is -0.123. The van der Waals surface area contributed by atoms with Crippen LogP contribution < -0.4 is 5.32 Å². The third kappa shape index (κ3) is 3.61. The molecule has 0 spiro atoms. The van der Waals surface area contributed by atoms with Gasteiger partial charge in [-0.2, -0.15) is 0 Å². The van der Waals surface area contributed by atoms with Gasteiger partial charge in [-0.05, 0) is 29.9 Å². The molecule has 1 amide bonds. The lowest BCUT2D eigenvalue weighted by Gasteiger charge is -2.25. The van der Waals surface area contributed by atoms with Gasteiger partial charge in [0.05, 0.1) is 12.6 Å². The lowest BCUT2D eigenvalue weighted by atomic mass is 9.93. The smallest absolute Gasteiger partial charge is 0.220 e. The Morgan fingerprint density at radius 1 is 1.21 bits per heavy atom. The van der Waals surface area contributed by atoms with Crippen LogP contribution in [0.1, 0.15) is 47.4 Å². The van der Waals surface area contributed by atoms with Crippen molar-refractivity contribution in [2.45, 2.75) is 37.8 Å². The van der Waals surface area contributed by atoms with E-state index >= 15 is 0 Å². The number of nitrogens with zero attached hydrogens (tertiary/aromatic N) is 2. The van der Waals surface area contributed by atoms with Gasteiger partial charge in [-0.15, -0.1) is 11.3 Å². The molecule has 0 unspecified atom stereocenters. The molecule has 3 aliphatic rings. The van der Waals surface area contributed by atoms with Crippen molar-refractivity contribution in [1.82, 2.24) is 15.2 Å². The summed E-state index contributed by atoms with van der Waals surface area (Å²) in [5.74, 6) is 1.62. The Kier molecular flexibility index (Phi) is 5.18. The van der Waals surface area contributed by atoms with Gasteiger partial charge in [0.25, 0.3) is 0 Å². The zero-order chi connectivity index (χ0) is 18.9. The van der Waals surface area contributed by atoms with Gasteiger partial charge >= 0.3 is 0 Å². The average molecular weight is 398 g/mol. The van der Waals surface area contributed by atoms with Gasteiger partial charge in [-0.25, -0.2) is 4.98 Å². The van der Waals surface area contributed by atoms with Crippen LogP contribution in [0.3, 0.4) is 0 Å². The summed E-state index contributed by atoms with van der Waals surface area (Å²) in [5, 5.41) is 6.63. The first-order valence-electron chi connectivity index (χ1n) is 10.3. The van der Waals surface area contributed by atoms with E-state index in [-0.39, 0.29) is 11.9 Å². The number of benzene rings is 1.